The van der Waals surface area contributed by atoms with Crippen LogP contribution in [-0.4, -0.2) is 22.8 Å². The van der Waals surface area contributed by atoms with Gasteiger partial charge in [-0.15, -0.1) is 22.7 Å². The van der Waals surface area contributed by atoms with E-state index in [0.29, 0.717) is 19.5 Å². The van der Waals surface area contributed by atoms with Gasteiger partial charge >= 0.3 is 0 Å². The number of amides is 2. The Bertz CT molecular complexity index is 587. The molecule has 0 aliphatic heterocycles. The van der Waals surface area contributed by atoms with Crippen LogP contribution in [0.25, 0.3) is 0 Å². The lowest BCUT2D eigenvalue weighted by atomic mass is 10.1. The van der Waals surface area contributed by atoms with Gasteiger partial charge < -0.3 is 10.2 Å². The number of carbonyl (C=O) groups excluding carboxylic acids is 2. The number of hydrogen-bond donors (Lipinski definition) is 1. The number of hydrogen-bond acceptors (Lipinski definition) is 4. The summed E-state index contributed by atoms with van der Waals surface area (Å²) in [4.78, 5) is 28.7. The van der Waals surface area contributed by atoms with Crippen molar-refractivity contribution in [1.82, 2.24) is 10.2 Å². The highest BCUT2D eigenvalue weighted by molar-refractivity contribution is 7.10. The van der Waals surface area contributed by atoms with E-state index in [-0.39, 0.29) is 11.8 Å². The first-order valence-corrected chi connectivity index (χ1v) is 9.96. The number of rotatable bonds is 9. The van der Waals surface area contributed by atoms with Gasteiger partial charge in [-0.3, -0.25) is 9.59 Å². The Balaban J connectivity index is 2.14. The number of nitrogens with one attached hydrogen (secondary N) is 1. The molecular formula is C18H24N2O2S2. The minimum Gasteiger partial charge on any atom is -0.345 e. The Hall–Kier alpha value is -1.66. The summed E-state index contributed by atoms with van der Waals surface area (Å²) in [5.74, 6) is -0.155. The molecule has 4 nitrogen and oxygen atoms in total. The van der Waals surface area contributed by atoms with Crippen molar-refractivity contribution in [1.29, 1.82) is 0 Å². The maximum Gasteiger partial charge on any atom is 0.245 e. The topological polar surface area (TPSA) is 49.4 Å². The lowest BCUT2D eigenvalue weighted by Gasteiger charge is -2.27. The molecule has 0 saturated carbocycles. The minimum atomic E-state index is -0.442. The van der Waals surface area contributed by atoms with Gasteiger partial charge in [0.1, 0.15) is 6.04 Å². The summed E-state index contributed by atoms with van der Waals surface area (Å²) < 4.78 is 0. The lowest BCUT2D eigenvalue weighted by Crippen LogP contribution is -2.47. The second-order valence-corrected chi connectivity index (χ2v) is 7.81. The first-order valence-electron chi connectivity index (χ1n) is 8.20. The van der Waals surface area contributed by atoms with Crippen LogP contribution in [0.5, 0.6) is 0 Å². The van der Waals surface area contributed by atoms with Crippen LogP contribution in [0.1, 0.15) is 42.9 Å². The number of unbranched alkanes of at least 4 members (excludes halogenated alkanes) is 1. The maximum absolute atomic E-state index is 13.1. The third-order valence-electron chi connectivity index (χ3n) is 3.69. The monoisotopic (exact) mass is 364 g/mol. The van der Waals surface area contributed by atoms with Crippen molar-refractivity contribution in [2.75, 3.05) is 0 Å². The normalized spacial score (nSPS) is 11.9. The largest absolute Gasteiger partial charge is 0.345 e. The molecule has 2 rings (SSSR count). The van der Waals surface area contributed by atoms with Gasteiger partial charge in [0.05, 0.1) is 13.1 Å². The molecule has 1 atom stereocenters. The number of thiophene rings is 2. The van der Waals surface area contributed by atoms with Gasteiger partial charge in [-0.25, -0.2) is 0 Å². The fourth-order valence-corrected chi connectivity index (χ4v) is 3.96. The molecule has 24 heavy (non-hydrogen) atoms. The second kappa shape index (κ2) is 9.59. The summed E-state index contributed by atoms with van der Waals surface area (Å²) >= 11 is 3.29. The molecule has 2 heterocycles. The van der Waals surface area contributed by atoms with Crippen LogP contribution < -0.4 is 5.32 Å². The van der Waals surface area contributed by atoms with Crippen LogP contribution in [0.3, 0.4) is 0 Å². The van der Waals surface area contributed by atoms with Gasteiger partial charge in [0, 0.05) is 16.7 Å². The van der Waals surface area contributed by atoms with Crippen LogP contribution in [0.15, 0.2) is 35.0 Å². The quantitative estimate of drug-likeness (QED) is 0.730. The predicted molar refractivity (Wildman–Crippen MR) is 100 cm³/mol. The Morgan fingerprint density at radius 3 is 2.12 bits per heavy atom. The zero-order valence-electron chi connectivity index (χ0n) is 14.2. The molecule has 0 saturated heterocycles. The highest BCUT2D eigenvalue weighted by atomic mass is 32.1. The fraction of sp³-hybridized carbons (Fsp3) is 0.444. The highest BCUT2D eigenvalue weighted by Crippen LogP contribution is 2.19. The molecule has 6 heteroatoms. The molecule has 0 radical (unpaired) electrons. The summed E-state index contributed by atoms with van der Waals surface area (Å²) in [5, 5.41) is 6.87. The number of carbonyl (C=O) groups is 2. The zero-order chi connectivity index (χ0) is 17.4. The van der Waals surface area contributed by atoms with E-state index in [4.69, 9.17) is 0 Å². The van der Waals surface area contributed by atoms with Gasteiger partial charge in [0.15, 0.2) is 0 Å². The average Bonchev–Trinajstić information content (AvgIpc) is 3.23. The molecule has 130 valence electrons. The summed E-state index contributed by atoms with van der Waals surface area (Å²) in [5.41, 5.74) is 0. The van der Waals surface area contributed by atoms with Crippen molar-refractivity contribution in [2.45, 2.75) is 52.2 Å². The van der Waals surface area contributed by atoms with E-state index in [1.54, 1.807) is 22.7 Å². The fourth-order valence-electron chi connectivity index (χ4n) is 2.52. The van der Waals surface area contributed by atoms with E-state index < -0.39 is 6.04 Å². The van der Waals surface area contributed by atoms with Crippen LogP contribution >= 0.6 is 22.7 Å². The average molecular weight is 365 g/mol. The molecule has 2 aromatic rings. The maximum atomic E-state index is 13.1. The highest BCUT2D eigenvalue weighted by Gasteiger charge is 2.25. The van der Waals surface area contributed by atoms with E-state index in [1.807, 2.05) is 39.9 Å². The Morgan fingerprint density at radius 1 is 1.12 bits per heavy atom. The predicted octanol–water partition coefficient (Wildman–Crippen LogP) is 4.03. The molecule has 0 aromatic carbocycles. The lowest BCUT2D eigenvalue weighted by molar-refractivity contribution is -0.137. The van der Waals surface area contributed by atoms with Gasteiger partial charge in [0.25, 0.3) is 0 Å². The summed E-state index contributed by atoms with van der Waals surface area (Å²) in [6.07, 6.45) is 2.60. The zero-order valence-corrected chi connectivity index (χ0v) is 15.8. The van der Waals surface area contributed by atoms with Gasteiger partial charge in [-0.1, -0.05) is 31.9 Å². The van der Waals surface area contributed by atoms with E-state index in [2.05, 4.69) is 12.2 Å². The molecule has 0 spiro atoms. The molecule has 0 bridgehead atoms. The Labute approximate surface area is 151 Å². The van der Waals surface area contributed by atoms with Gasteiger partial charge in [0.2, 0.25) is 11.8 Å². The van der Waals surface area contributed by atoms with Crippen molar-refractivity contribution in [2.24, 2.45) is 0 Å². The molecule has 1 N–H and O–H groups in total. The smallest absolute Gasteiger partial charge is 0.245 e. The van der Waals surface area contributed by atoms with Crippen LogP contribution in [0, 0.1) is 0 Å². The molecule has 0 unspecified atom stereocenters. The molecule has 0 aliphatic rings. The van der Waals surface area contributed by atoms with Crippen LogP contribution in [0.2, 0.25) is 0 Å². The standard InChI is InChI=1S/C18H24N2O2S2/c1-3-4-9-17(19-14(2)21)18(22)20(12-15-7-5-10-23-15)13-16-8-6-11-24-16/h5-8,10-11,17H,3-4,9,12-13H2,1-2H3,(H,19,21)/t17-/m1/s1. The van der Waals surface area contributed by atoms with E-state index in [0.717, 1.165) is 22.6 Å². The summed E-state index contributed by atoms with van der Waals surface area (Å²) in [6.45, 7) is 4.71. The van der Waals surface area contributed by atoms with Crippen molar-refractivity contribution in [3.63, 3.8) is 0 Å². The SMILES string of the molecule is CCCC[C@@H](NC(C)=O)C(=O)N(Cc1cccs1)Cc1cccs1. The third-order valence-corrected chi connectivity index (χ3v) is 5.41. The van der Waals surface area contributed by atoms with E-state index in [9.17, 15) is 9.59 Å². The molecule has 0 aliphatic carbocycles. The third kappa shape index (κ3) is 5.76. The summed E-state index contributed by atoms with van der Waals surface area (Å²) in [7, 11) is 0. The Morgan fingerprint density at radius 2 is 1.71 bits per heavy atom. The number of nitrogens with zero attached hydrogens (tertiary/aromatic N) is 1. The molecular weight excluding hydrogens is 340 g/mol. The second-order valence-electron chi connectivity index (χ2n) is 5.75. The van der Waals surface area contributed by atoms with Crippen molar-refractivity contribution in [3.05, 3.63) is 44.8 Å². The molecule has 0 fully saturated rings. The first-order chi connectivity index (χ1) is 11.6. The van der Waals surface area contributed by atoms with E-state index >= 15 is 0 Å². The van der Waals surface area contributed by atoms with Crippen molar-refractivity contribution in [3.8, 4) is 0 Å². The Kier molecular flexibility index (Phi) is 7.46. The summed E-state index contributed by atoms with van der Waals surface area (Å²) in [6, 6.07) is 7.63. The van der Waals surface area contributed by atoms with E-state index in [1.165, 1.54) is 6.92 Å². The van der Waals surface area contributed by atoms with Gasteiger partial charge in [-0.05, 0) is 29.3 Å². The van der Waals surface area contributed by atoms with Crippen LogP contribution in [-0.2, 0) is 22.7 Å². The van der Waals surface area contributed by atoms with Crippen LogP contribution in [0.4, 0.5) is 0 Å². The van der Waals surface area contributed by atoms with Crippen molar-refractivity contribution >= 4 is 34.5 Å². The minimum absolute atomic E-state index is 0.000417. The molecule has 2 aromatic heterocycles. The first kappa shape index (κ1) is 18.7. The van der Waals surface area contributed by atoms with Gasteiger partial charge in [-0.2, -0.15) is 0 Å². The van der Waals surface area contributed by atoms with Crippen molar-refractivity contribution < 1.29 is 9.59 Å². The molecule has 2 amide bonds.